The smallest absolute Gasteiger partial charge is 0.266 e. The minimum Gasteiger partial charge on any atom is -0.288 e. The topological polar surface area (TPSA) is 20.3 Å². The van der Waals surface area contributed by atoms with E-state index in [9.17, 15) is 9.18 Å². The fourth-order valence-corrected chi connectivity index (χ4v) is 3.41. The van der Waals surface area contributed by atoms with Crippen LogP contribution in [0.5, 0.6) is 0 Å². The number of nitrogens with zero attached hydrogens (tertiary/aromatic N) is 1. The molecule has 0 spiro atoms. The van der Waals surface area contributed by atoms with Crippen LogP contribution in [-0.4, -0.2) is 20.7 Å². The molecular weight excluding hydrogens is 281 g/mol. The third-order valence-electron chi connectivity index (χ3n) is 2.66. The molecule has 1 fully saturated rings. The molecule has 5 heteroatoms. The fourth-order valence-electron chi connectivity index (χ4n) is 1.78. The maximum absolute atomic E-state index is 13.6. The largest absolute Gasteiger partial charge is 0.288 e. The Bertz CT molecular complexity index is 575. The maximum Gasteiger partial charge on any atom is 0.266 e. The Morgan fingerprint density at radius 3 is 2.47 bits per heavy atom. The van der Waals surface area contributed by atoms with Crippen molar-refractivity contribution in [1.29, 1.82) is 0 Å². The first-order chi connectivity index (χ1) is 8.80. The van der Waals surface area contributed by atoms with Gasteiger partial charge in [-0.2, -0.15) is 0 Å². The van der Waals surface area contributed by atoms with Gasteiger partial charge in [-0.05, 0) is 32.9 Å². The zero-order valence-electron chi connectivity index (χ0n) is 10.9. The summed E-state index contributed by atoms with van der Waals surface area (Å²) in [6.07, 6.45) is 1.56. The van der Waals surface area contributed by atoms with E-state index in [4.69, 9.17) is 12.2 Å². The van der Waals surface area contributed by atoms with Crippen LogP contribution in [0.4, 0.5) is 4.39 Å². The van der Waals surface area contributed by atoms with Gasteiger partial charge in [0.15, 0.2) is 0 Å². The molecule has 0 N–H and O–H groups in total. The van der Waals surface area contributed by atoms with Gasteiger partial charge in [-0.25, -0.2) is 4.39 Å². The summed E-state index contributed by atoms with van der Waals surface area (Å²) in [6, 6.07) is 6.36. The van der Waals surface area contributed by atoms with Crippen LogP contribution >= 0.6 is 24.0 Å². The zero-order chi connectivity index (χ0) is 14.2. The molecule has 0 atom stereocenters. The summed E-state index contributed by atoms with van der Waals surface area (Å²) < 4.78 is 14.1. The average Bonchev–Trinajstić information content (AvgIpc) is 2.56. The van der Waals surface area contributed by atoms with E-state index in [2.05, 4.69) is 0 Å². The molecule has 2 nitrogen and oxygen atoms in total. The van der Waals surface area contributed by atoms with Gasteiger partial charge in [0.25, 0.3) is 5.91 Å². The molecule has 1 saturated heterocycles. The summed E-state index contributed by atoms with van der Waals surface area (Å²) in [5, 5.41) is 0. The molecule has 0 saturated carbocycles. The van der Waals surface area contributed by atoms with Gasteiger partial charge in [0.05, 0.1) is 4.91 Å². The molecule has 1 aromatic rings. The number of hydrogen-bond acceptors (Lipinski definition) is 3. The lowest BCUT2D eigenvalue weighted by Gasteiger charge is -2.30. The Hall–Kier alpha value is -1.20. The van der Waals surface area contributed by atoms with Gasteiger partial charge in [-0.1, -0.05) is 42.2 Å². The molecule has 1 amide bonds. The van der Waals surface area contributed by atoms with Crippen LogP contribution in [0, 0.1) is 5.82 Å². The number of rotatable bonds is 1. The van der Waals surface area contributed by atoms with Crippen LogP contribution in [0.1, 0.15) is 26.3 Å². The summed E-state index contributed by atoms with van der Waals surface area (Å²) in [4.78, 5) is 14.3. The van der Waals surface area contributed by atoms with E-state index in [1.165, 1.54) is 17.8 Å². The molecule has 1 heterocycles. The standard InChI is InChI=1S/C14H14FNOS2/c1-14(2,3)16-12(17)11(19-13(16)18)8-9-6-4-5-7-10(9)15/h4-8H,1-3H3/b11-8-. The number of carbonyl (C=O) groups excluding carboxylic acids is 1. The molecule has 2 rings (SSSR count). The van der Waals surface area contributed by atoms with Crippen molar-refractivity contribution in [3.63, 3.8) is 0 Å². The summed E-state index contributed by atoms with van der Waals surface area (Å²) in [5.74, 6) is -0.505. The summed E-state index contributed by atoms with van der Waals surface area (Å²) in [7, 11) is 0. The van der Waals surface area contributed by atoms with Crippen molar-refractivity contribution in [3.05, 3.63) is 40.6 Å². The molecule has 0 bridgehead atoms. The Balaban J connectivity index is 2.37. The number of halogens is 1. The third-order valence-corrected chi connectivity index (χ3v) is 3.96. The highest BCUT2D eigenvalue weighted by molar-refractivity contribution is 8.26. The third kappa shape index (κ3) is 2.87. The van der Waals surface area contributed by atoms with Gasteiger partial charge in [-0.3, -0.25) is 9.69 Å². The minimum absolute atomic E-state index is 0.161. The van der Waals surface area contributed by atoms with Gasteiger partial charge >= 0.3 is 0 Å². The Labute approximate surface area is 121 Å². The average molecular weight is 295 g/mol. The van der Waals surface area contributed by atoms with Crippen molar-refractivity contribution in [2.45, 2.75) is 26.3 Å². The van der Waals surface area contributed by atoms with E-state index in [0.717, 1.165) is 0 Å². The van der Waals surface area contributed by atoms with Crippen molar-refractivity contribution in [3.8, 4) is 0 Å². The minimum atomic E-state index is -0.369. The first-order valence-electron chi connectivity index (χ1n) is 5.83. The van der Waals surface area contributed by atoms with E-state index < -0.39 is 0 Å². The molecule has 1 aliphatic rings. The molecule has 1 aromatic carbocycles. The zero-order valence-corrected chi connectivity index (χ0v) is 12.6. The molecule has 0 radical (unpaired) electrons. The van der Waals surface area contributed by atoms with E-state index >= 15 is 0 Å². The van der Waals surface area contributed by atoms with Crippen LogP contribution in [0.2, 0.25) is 0 Å². The van der Waals surface area contributed by atoms with E-state index in [-0.39, 0.29) is 17.3 Å². The van der Waals surface area contributed by atoms with Crippen LogP contribution in [-0.2, 0) is 4.79 Å². The number of thioether (sulfide) groups is 1. The SMILES string of the molecule is CC(C)(C)N1C(=O)/C(=C/c2ccccc2F)SC1=S. The van der Waals surface area contributed by atoms with Gasteiger partial charge in [0.2, 0.25) is 0 Å². The second-order valence-corrected chi connectivity index (χ2v) is 6.89. The highest BCUT2D eigenvalue weighted by Crippen LogP contribution is 2.36. The van der Waals surface area contributed by atoms with E-state index in [1.54, 1.807) is 29.2 Å². The summed E-state index contributed by atoms with van der Waals surface area (Å²) in [6.45, 7) is 5.76. The molecule has 19 heavy (non-hydrogen) atoms. The molecule has 1 aliphatic heterocycles. The molecule has 0 aliphatic carbocycles. The predicted molar refractivity (Wildman–Crippen MR) is 81.2 cm³/mol. The lowest BCUT2D eigenvalue weighted by Crippen LogP contribution is -2.44. The lowest BCUT2D eigenvalue weighted by molar-refractivity contribution is -0.125. The Morgan fingerprint density at radius 2 is 1.95 bits per heavy atom. The lowest BCUT2D eigenvalue weighted by atomic mass is 10.1. The van der Waals surface area contributed by atoms with Crippen molar-refractivity contribution in [1.82, 2.24) is 4.90 Å². The summed E-state index contributed by atoms with van der Waals surface area (Å²) >= 11 is 6.44. The molecule has 0 unspecified atom stereocenters. The highest BCUT2D eigenvalue weighted by Gasteiger charge is 2.39. The normalized spacial score (nSPS) is 18.5. The number of hydrogen-bond donors (Lipinski definition) is 0. The number of thiocarbonyl (C=S) groups is 1. The highest BCUT2D eigenvalue weighted by atomic mass is 32.2. The predicted octanol–water partition coefficient (Wildman–Crippen LogP) is 3.83. The second-order valence-electron chi connectivity index (χ2n) is 5.21. The van der Waals surface area contributed by atoms with Crippen molar-refractivity contribution < 1.29 is 9.18 Å². The Kier molecular flexibility index (Phi) is 3.78. The number of amides is 1. The molecule has 0 aromatic heterocycles. The van der Waals surface area contributed by atoms with Crippen LogP contribution in [0.3, 0.4) is 0 Å². The first-order valence-corrected chi connectivity index (χ1v) is 7.06. The number of benzene rings is 1. The van der Waals surface area contributed by atoms with Crippen LogP contribution < -0.4 is 0 Å². The van der Waals surface area contributed by atoms with Crippen molar-refractivity contribution >= 4 is 40.3 Å². The van der Waals surface area contributed by atoms with Crippen molar-refractivity contribution in [2.75, 3.05) is 0 Å². The number of carbonyl (C=O) groups is 1. The van der Waals surface area contributed by atoms with Gasteiger partial charge in [-0.15, -0.1) is 0 Å². The van der Waals surface area contributed by atoms with Gasteiger partial charge < -0.3 is 0 Å². The van der Waals surface area contributed by atoms with E-state index in [0.29, 0.717) is 14.8 Å². The molecule has 100 valence electrons. The van der Waals surface area contributed by atoms with Crippen LogP contribution in [0.15, 0.2) is 29.2 Å². The Morgan fingerprint density at radius 1 is 1.32 bits per heavy atom. The van der Waals surface area contributed by atoms with Gasteiger partial charge in [0.1, 0.15) is 10.1 Å². The molecular formula is C14H14FNOS2. The quantitative estimate of drug-likeness (QED) is 0.580. The van der Waals surface area contributed by atoms with Gasteiger partial charge in [0, 0.05) is 11.1 Å². The summed E-state index contributed by atoms with van der Waals surface area (Å²) in [5.41, 5.74) is 0.0309. The fraction of sp³-hybridized carbons (Fsp3) is 0.286. The maximum atomic E-state index is 13.6. The van der Waals surface area contributed by atoms with Crippen LogP contribution in [0.25, 0.3) is 6.08 Å². The monoisotopic (exact) mass is 295 g/mol. The van der Waals surface area contributed by atoms with E-state index in [1.807, 2.05) is 20.8 Å². The second kappa shape index (κ2) is 5.06. The first kappa shape index (κ1) is 14.2. The van der Waals surface area contributed by atoms with Crippen molar-refractivity contribution in [2.24, 2.45) is 0 Å².